The Morgan fingerprint density at radius 2 is 2.45 bits per heavy atom. The van der Waals surface area contributed by atoms with Crippen molar-refractivity contribution in [3.05, 3.63) is 35.4 Å². The maximum atomic E-state index is 4.11. The highest BCUT2D eigenvalue weighted by atomic mass is 32.1. The third-order valence-corrected chi connectivity index (χ3v) is 2.02. The van der Waals surface area contributed by atoms with Gasteiger partial charge in [0.05, 0.1) is 18.1 Å². The van der Waals surface area contributed by atoms with Crippen molar-refractivity contribution in [2.75, 3.05) is 0 Å². The van der Waals surface area contributed by atoms with Crippen LogP contribution in [0.1, 0.15) is 0 Å². The average molecular weight is 161 g/mol. The lowest BCUT2D eigenvalue weighted by Crippen LogP contribution is -1.80. The minimum absolute atomic E-state index is 0.907. The molecule has 2 nitrogen and oxygen atoms in total. The van der Waals surface area contributed by atoms with E-state index >= 15 is 0 Å². The first-order chi connectivity index (χ1) is 5.47. The topological polar surface area (TPSA) is 25.8 Å². The van der Waals surface area contributed by atoms with Gasteiger partial charge < -0.3 is 0 Å². The lowest BCUT2D eigenvalue weighted by molar-refractivity contribution is 1.20. The molecule has 53 valence electrons. The fourth-order valence-electron chi connectivity index (χ4n) is 0.823. The normalized spacial score (nSPS) is 9.82. The van der Waals surface area contributed by atoms with Gasteiger partial charge in [-0.05, 0) is 11.4 Å². The van der Waals surface area contributed by atoms with Gasteiger partial charge in [-0.15, -0.1) is 0 Å². The molecule has 0 unspecified atom stereocenters. The summed E-state index contributed by atoms with van der Waals surface area (Å²) in [6, 6.07) is 2.02. The molecule has 2 heterocycles. The zero-order valence-electron chi connectivity index (χ0n) is 5.69. The summed E-state index contributed by atoms with van der Waals surface area (Å²) in [7, 11) is 0. The van der Waals surface area contributed by atoms with E-state index in [9.17, 15) is 0 Å². The maximum Gasteiger partial charge on any atom is 0.109 e. The van der Waals surface area contributed by atoms with Gasteiger partial charge in [0.15, 0.2) is 0 Å². The monoisotopic (exact) mass is 161 g/mol. The molecule has 1 radical (unpaired) electrons. The summed E-state index contributed by atoms with van der Waals surface area (Å²) in [4.78, 5) is 7.97. The van der Waals surface area contributed by atoms with Crippen molar-refractivity contribution in [2.24, 2.45) is 0 Å². The zero-order chi connectivity index (χ0) is 7.52. The number of hydrogen-bond donors (Lipinski definition) is 0. The second-order valence-electron chi connectivity index (χ2n) is 2.04. The van der Waals surface area contributed by atoms with E-state index in [1.165, 1.54) is 0 Å². The van der Waals surface area contributed by atoms with E-state index in [0.717, 1.165) is 11.3 Å². The number of aromatic nitrogens is 2. The number of rotatable bonds is 1. The maximum absolute atomic E-state index is 4.11. The van der Waals surface area contributed by atoms with Crippen LogP contribution in [0.25, 0.3) is 11.3 Å². The molecule has 0 aliphatic heterocycles. The van der Waals surface area contributed by atoms with Crippen LogP contribution in [-0.2, 0) is 0 Å². The van der Waals surface area contributed by atoms with Gasteiger partial charge in [0.25, 0.3) is 0 Å². The van der Waals surface area contributed by atoms with E-state index in [4.69, 9.17) is 0 Å². The Kier molecular flexibility index (Phi) is 1.65. The van der Waals surface area contributed by atoms with Crippen LogP contribution in [0.4, 0.5) is 0 Å². The summed E-state index contributed by atoms with van der Waals surface area (Å²) in [5.41, 5.74) is 2.03. The van der Waals surface area contributed by atoms with E-state index in [0.29, 0.717) is 0 Å². The molecular weight excluding hydrogens is 156 g/mol. The highest BCUT2D eigenvalue weighted by molar-refractivity contribution is 7.08. The van der Waals surface area contributed by atoms with E-state index < -0.39 is 0 Å². The van der Waals surface area contributed by atoms with E-state index in [1.807, 2.05) is 16.8 Å². The fraction of sp³-hybridized carbons (Fsp3) is 0. The van der Waals surface area contributed by atoms with Crippen LogP contribution >= 0.6 is 11.3 Å². The molecule has 0 N–H and O–H groups in total. The van der Waals surface area contributed by atoms with Crippen LogP contribution in [0.3, 0.4) is 0 Å². The quantitative estimate of drug-likeness (QED) is 0.639. The van der Waals surface area contributed by atoms with Crippen molar-refractivity contribution in [1.29, 1.82) is 0 Å². The summed E-state index contributed by atoms with van der Waals surface area (Å²) in [5.74, 6) is 0. The molecule has 0 amide bonds. The molecule has 2 rings (SSSR count). The van der Waals surface area contributed by atoms with Gasteiger partial charge in [-0.1, -0.05) is 0 Å². The van der Waals surface area contributed by atoms with Crippen molar-refractivity contribution in [3.63, 3.8) is 0 Å². The molecule has 11 heavy (non-hydrogen) atoms. The minimum atomic E-state index is 0.907. The smallest absolute Gasteiger partial charge is 0.109 e. The number of hydrogen-bond acceptors (Lipinski definition) is 3. The van der Waals surface area contributed by atoms with Gasteiger partial charge in [0.2, 0.25) is 0 Å². The minimum Gasteiger partial charge on any atom is -0.252 e. The Balaban J connectivity index is 2.46. The first-order valence-electron chi connectivity index (χ1n) is 3.17. The summed E-state index contributed by atoms with van der Waals surface area (Å²) < 4.78 is 0. The summed E-state index contributed by atoms with van der Waals surface area (Å²) >= 11 is 1.66. The molecule has 2 aromatic rings. The third-order valence-electron chi connectivity index (χ3n) is 1.34. The van der Waals surface area contributed by atoms with Gasteiger partial charge in [0.1, 0.15) is 6.20 Å². The molecule has 0 saturated heterocycles. The van der Waals surface area contributed by atoms with Crippen molar-refractivity contribution >= 4 is 11.3 Å². The Hall–Kier alpha value is -1.22. The summed E-state index contributed by atoms with van der Waals surface area (Å²) in [6.45, 7) is 0. The highest BCUT2D eigenvalue weighted by Gasteiger charge is 1.96. The van der Waals surface area contributed by atoms with Crippen molar-refractivity contribution in [1.82, 2.24) is 9.97 Å². The van der Waals surface area contributed by atoms with Crippen LogP contribution in [0.15, 0.2) is 29.2 Å². The number of nitrogens with zero attached hydrogens (tertiary/aromatic N) is 2. The molecular formula is C8H5N2S. The average Bonchev–Trinajstić information content (AvgIpc) is 2.58. The van der Waals surface area contributed by atoms with E-state index in [2.05, 4.69) is 16.2 Å². The van der Waals surface area contributed by atoms with Gasteiger partial charge in [-0.25, -0.2) is 0 Å². The zero-order valence-corrected chi connectivity index (χ0v) is 6.51. The summed E-state index contributed by atoms with van der Waals surface area (Å²) in [6.07, 6.45) is 5.92. The largest absolute Gasteiger partial charge is 0.252 e. The highest BCUT2D eigenvalue weighted by Crippen LogP contribution is 2.17. The van der Waals surface area contributed by atoms with Crippen molar-refractivity contribution in [3.8, 4) is 11.3 Å². The second kappa shape index (κ2) is 2.80. The number of thiophene rings is 1. The predicted molar refractivity (Wildman–Crippen MR) is 44.2 cm³/mol. The van der Waals surface area contributed by atoms with Crippen molar-refractivity contribution in [2.45, 2.75) is 0 Å². The van der Waals surface area contributed by atoms with Crippen molar-refractivity contribution < 1.29 is 0 Å². The molecule has 3 heteroatoms. The molecule has 0 aromatic carbocycles. The molecule has 0 bridgehead atoms. The third kappa shape index (κ3) is 1.28. The molecule has 0 fully saturated rings. The van der Waals surface area contributed by atoms with Gasteiger partial charge in [-0.3, -0.25) is 9.97 Å². The van der Waals surface area contributed by atoms with Gasteiger partial charge >= 0.3 is 0 Å². The lowest BCUT2D eigenvalue weighted by Gasteiger charge is -1.91. The van der Waals surface area contributed by atoms with Gasteiger partial charge in [-0.2, -0.15) is 11.3 Å². The molecule has 0 atom stereocenters. The molecule has 0 aliphatic carbocycles. The SMILES string of the molecule is [c]1cnc(-c2ccsc2)cn1. The van der Waals surface area contributed by atoms with Crippen LogP contribution in [0, 0.1) is 6.20 Å². The Morgan fingerprint density at radius 3 is 3.09 bits per heavy atom. The Labute approximate surface area is 68.6 Å². The van der Waals surface area contributed by atoms with Gasteiger partial charge in [0, 0.05) is 10.9 Å². The fourth-order valence-corrected chi connectivity index (χ4v) is 1.47. The van der Waals surface area contributed by atoms with Crippen LogP contribution in [-0.4, -0.2) is 9.97 Å². The Bertz CT molecular complexity index is 315. The Morgan fingerprint density at radius 1 is 1.45 bits per heavy atom. The molecule has 0 spiro atoms. The summed E-state index contributed by atoms with van der Waals surface area (Å²) in [5, 5.41) is 4.07. The predicted octanol–water partition coefficient (Wildman–Crippen LogP) is 2.01. The molecule has 2 aromatic heterocycles. The van der Waals surface area contributed by atoms with Crippen LogP contribution in [0.2, 0.25) is 0 Å². The standard InChI is InChI=1S/C8H5N2S/c1-4-11-6-7(1)8-5-9-2-3-10-8/h1,3-6H. The lowest BCUT2D eigenvalue weighted by atomic mass is 10.3. The second-order valence-corrected chi connectivity index (χ2v) is 2.82. The first kappa shape index (κ1) is 6.49. The van der Waals surface area contributed by atoms with E-state index in [1.54, 1.807) is 23.7 Å². The first-order valence-corrected chi connectivity index (χ1v) is 4.12. The van der Waals surface area contributed by atoms with E-state index in [-0.39, 0.29) is 0 Å². The molecule has 0 saturated carbocycles. The van der Waals surface area contributed by atoms with Crippen LogP contribution in [0.5, 0.6) is 0 Å². The molecule has 0 aliphatic rings. The van der Waals surface area contributed by atoms with Crippen LogP contribution < -0.4 is 0 Å².